The van der Waals surface area contributed by atoms with Crippen LogP contribution in [0.3, 0.4) is 0 Å². The summed E-state index contributed by atoms with van der Waals surface area (Å²) in [5, 5.41) is 4.17. The maximum absolute atomic E-state index is 12.8. The number of rotatable bonds is 6. The number of hydrazone groups is 1. The van der Waals surface area contributed by atoms with Gasteiger partial charge in [0.25, 0.3) is 10.0 Å². The average Bonchev–Trinajstić information content (AvgIpc) is 2.73. The normalized spacial score (nSPS) is 20.5. The number of carbonyl (C=O) groups is 1. The van der Waals surface area contributed by atoms with Gasteiger partial charge in [-0.15, -0.1) is 0 Å². The summed E-state index contributed by atoms with van der Waals surface area (Å²) in [4.78, 5) is 15.2. The molecule has 0 saturated carbocycles. The fraction of sp³-hybridized carbons (Fsp3) is 0.304. The molecule has 1 aliphatic carbocycles. The lowest BCUT2D eigenvalue weighted by Gasteiger charge is -2.30. The Bertz CT molecular complexity index is 1060. The molecule has 0 radical (unpaired) electrons. The summed E-state index contributed by atoms with van der Waals surface area (Å²) in [5.41, 5.74) is 3.30. The van der Waals surface area contributed by atoms with Crippen LogP contribution in [0.2, 0.25) is 0 Å². The fourth-order valence-corrected chi connectivity index (χ4v) is 4.41. The second kappa shape index (κ2) is 9.26. The third-order valence-corrected chi connectivity index (χ3v) is 6.28. The highest BCUT2D eigenvalue weighted by Crippen LogP contribution is 2.37. The molecule has 6 nitrogen and oxygen atoms in total. The number of benzene rings is 2. The van der Waals surface area contributed by atoms with E-state index >= 15 is 0 Å². The van der Waals surface area contributed by atoms with Gasteiger partial charge in [-0.3, -0.25) is 4.79 Å². The lowest BCUT2D eigenvalue weighted by molar-refractivity contribution is -0.146. The quantitative estimate of drug-likeness (QED) is 0.560. The van der Waals surface area contributed by atoms with Crippen molar-refractivity contribution >= 4 is 21.7 Å². The van der Waals surface area contributed by atoms with Gasteiger partial charge in [0.1, 0.15) is 5.92 Å². The molecule has 2 aromatic carbocycles. The molecule has 0 spiro atoms. The Morgan fingerprint density at radius 1 is 1.10 bits per heavy atom. The number of carbonyl (C=O) groups excluding carboxylic acids is 1. The maximum atomic E-state index is 12.8. The van der Waals surface area contributed by atoms with Gasteiger partial charge in [0.05, 0.1) is 17.2 Å². The van der Waals surface area contributed by atoms with Gasteiger partial charge in [0, 0.05) is 5.92 Å². The monoisotopic (exact) mass is 426 g/mol. The topological polar surface area (TPSA) is 84.8 Å². The van der Waals surface area contributed by atoms with E-state index in [1.54, 1.807) is 25.1 Å². The number of nitrogens with zero attached hydrogens (tertiary/aromatic N) is 1. The minimum Gasteiger partial charge on any atom is -0.465 e. The van der Waals surface area contributed by atoms with Gasteiger partial charge in [-0.1, -0.05) is 53.6 Å². The number of aryl methyl sites for hydroxylation is 1. The molecule has 30 heavy (non-hydrogen) atoms. The second-order valence-corrected chi connectivity index (χ2v) is 9.05. The van der Waals surface area contributed by atoms with Gasteiger partial charge >= 0.3 is 5.97 Å². The smallest absolute Gasteiger partial charge is 0.315 e. The second-order valence-electron chi connectivity index (χ2n) is 7.39. The molecule has 2 aromatic rings. The van der Waals surface area contributed by atoms with E-state index in [9.17, 15) is 13.2 Å². The van der Waals surface area contributed by atoms with Gasteiger partial charge in [-0.25, -0.2) is 0 Å². The highest BCUT2D eigenvalue weighted by molar-refractivity contribution is 7.89. The van der Waals surface area contributed by atoms with E-state index in [0.717, 1.165) is 16.7 Å². The van der Waals surface area contributed by atoms with Gasteiger partial charge < -0.3 is 4.74 Å². The Morgan fingerprint density at radius 2 is 1.77 bits per heavy atom. The molecule has 3 rings (SSSR count). The summed E-state index contributed by atoms with van der Waals surface area (Å²) < 4.78 is 30.6. The summed E-state index contributed by atoms with van der Waals surface area (Å²) in [5.74, 6) is -1.29. The van der Waals surface area contributed by atoms with Crippen molar-refractivity contribution in [3.63, 3.8) is 0 Å². The van der Waals surface area contributed by atoms with Crippen LogP contribution in [0.5, 0.6) is 0 Å². The van der Waals surface area contributed by atoms with E-state index < -0.39 is 21.9 Å². The third-order valence-electron chi connectivity index (χ3n) is 5.05. The molecule has 0 saturated heterocycles. The molecule has 7 heteroatoms. The molecule has 1 N–H and O–H groups in total. The first-order valence-electron chi connectivity index (χ1n) is 9.86. The van der Waals surface area contributed by atoms with Crippen LogP contribution in [0.25, 0.3) is 0 Å². The standard InChI is InChI=1S/C23H26N2O4S/c1-4-29-23(26)22-20(18-8-6-5-7-9-18)14-17(3)15-21(22)24-25-30(27,28)19-12-10-16(2)11-13-19/h5-13,15,20,22,25H,4,14H2,1-3H3/b24-21-/t20-,22-/m0/s1. The predicted octanol–water partition coefficient (Wildman–Crippen LogP) is 3.94. The Hall–Kier alpha value is -2.93. The molecule has 0 fully saturated rings. The molecular formula is C23H26N2O4S. The van der Waals surface area contributed by atoms with Crippen LogP contribution in [0.15, 0.2) is 76.2 Å². The molecule has 1 aliphatic rings. The van der Waals surface area contributed by atoms with Crippen LogP contribution >= 0.6 is 0 Å². The van der Waals surface area contributed by atoms with Crippen LogP contribution < -0.4 is 4.83 Å². The first-order valence-corrected chi connectivity index (χ1v) is 11.3. The van der Waals surface area contributed by atoms with Gasteiger partial charge in [-0.05, 0) is 51.0 Å². The Morgan fingerprint density at radius 3 is 2.40 bits per heavy atom. The van der Waals surface area contributed by atoms with Crippen LogP contribution in [0, 0.1) is 12.8 Å². The zero-order valence-electron chi connectivity index (χ0n) is 17.3. The zero-order valence-corrected chi connectivity index (χ0v) is 18.1. The van der Waals surface area contributed by atoms with Crippen LogP contribution in [0.4, 0.5) is 0 Å². The van der Waals surface area contributed by atoms with E-state index in [0.29, 0.717) is 12.1 Å². The molecule has 2 atom stereocenters. The first kappa shape index (κ1) is 21.8. The predicted molar refractivity (Wildman–Crippen MR) is 117 cm³/mol. The number of hydrogen-bond acceptors (Lipinski definition) is 5. The first-order chi connectivity index (χ1) is 14.3. The summed E-state index contributed by atoms with van der Waals surface area (Å²) >= 11 is 0. The molecule has 0 aliphatic heterocycles. The third kappa shape index (κ3) is 4.97. The van der Waals surface area contributed by atoms with Gasteiger partial charge in [-0.2, -0.15) is 18.4 Å². The van der Waals surface area contributed by atoms with Gasteiger partial charge in [0.2, 0.25) is 0 Å². The number of sulfonamides is 1. The lowest BCUT2D eigenvalue weighted by Crippen LogP contribution is -2.35. The Balaban J connectivity index is 1.98. The van der Waals surface area contributed by atoms with Crippen molar-refractivity contribution in [2.75, 3.05) is 6.61 Å². The number of hydrogen-bond donors (Lipinski definition) is 1. The summed E-state index contributed by atoms with van der Waals surface area (Å²) in [6.45, 7) is 5.81. The highest BCUT2D eigenvalue weighted by Gasteiger charge is 2.37. The molecule has 0 aromatic heterocycles. The summed E-state index contributed by atoms with van der Waals surface area (Å²) in [6, 6.07) is 16.2. The lowest BCUT2D eigenvalue weighted by atomic mass is 9.75. The number of ether oxygens (including phenoxy) is 1. The van der Waals surface area contributed by atoms with Crippen molar-refractivity contribution in [1.82, 2.24) is 4.83 Å². The van der Waals surface area contributed by atoms with E-state index in [1.807, 2.05) is 44.2 Å². The van der Waals surface area contributed by atoms with E-state index in [-0.39, 0.29) is 17.4 Å². The van der Waals surface area contributed by atoms with Crippen molar-refractivity contribution in [2.24, 2.45) is 11.0 Å². The summed E-state index contributed by atoms with van der Waals surface area (Å²) in [7, 11) is -3.86. The van der Waals surface area contributed by atoms with Crippen LogP contribution in [-0.4, -0.2) is 26.7 Å². The van der Waals surface area contributed by atoms with Gasteiger partial charge in [0.15, 0.2) is 0 Å². The minimum absolute atomic E-state index is 0.112. The van der Waals surface area contributed by atoms with Crippen molar-refractivity contribution in [3.05, 3.63) is 77.4 Å². The number of nitrogens with one attached hydrogen (secondary N) is 1. The molecule has 0 heterocycles. The maximum Gasteiger partial charge on any atom is 0.315 e. The molecule has 0 amide bonds. The SMILES string of the molecule is CCOC(=O)[C@@H]1/C(=N\NS(=O)(=O)c2ccc(C)cc2)C=C(C)C[C@H]1c1ccccc1. The van der Waals surface area contributed by atoms with Crippen molar-refractivity contribution < 1.29 is 17.9 Å². The van der Waals surface area contributed by atoms with E-state index in [1.165, 1.54) is 12.1 Å². The number of esters is 1. The van der Waals surface area contributed by atoms with Crippen molar-refractivity contribution in [2.45, 2.75) is 38.0 Å². The van der Waals surface area contributed by atoms with Crippen LogP contribution in [-0.2, 0) is 19.6 Å². The minimum atomic E-state index is -3.86. The Kier molecular flexibility index (Phi) is 6.72. The summed E-state index contributed by atoms with van der Waals surface area (Å²) in [6.07, 6.45) is 2.43. The average molecular weight is 427 g/mol. The zero-order chi connectivity index (χ0) is 21.7. The molecule has 0 bridgehead atoms. The van der Waals surface area contributed by atoms with Crippen LogP contribution in [0.1, 0.15) is 37.3 Å². The Labute approximate surface area is 177 Å². The van der Waals surface area contributed by atoms with Crippen molar-refractivity contribution in [3.8, 4) is 0 Å². The molecule has 158 valence electrons. The largest absolute Gasteiger partial charge is 0.465 e. The molecular weight excluding hydrogens is 400 g/mol. The van der Waals surface area contributed by atoms with E-state index in [2.05, 4.69) is 9.93 Å². The highest BCUT2D eigenvalue weighted by atomic mass is 32.2. The molecule has 0 unspecified atom stereocenters. The number of allylic oxidation sites excluding steroid dienone is 2. The fourth-order valence-electron chi connectivity index (χ4n) is 3.58. The van der Waals surface area contributed by atoms with E-state index in [4.69, 9.17) is 4.74 Å². The van der Waals surface area contributed by atoms with Crippen molar-refractivity contribution in [1.29, 1.82) is 0 Å².